The summed E-state index contributed by atoms with van der Waals surface area (Å²) in [5.74, 6) is 1.23. The van der Waals surface area contributed by atoms with Crippen molar-refractivity contribution in [2.24, 2.45) is 5.92 Å². The Morgan fingerprint density at radius 3 is 2.64 bits per heavy atom. The standard InChI is InChI=1S/C25H35N3O5/c1-16(2)12-19(24(31)28-11-10-17(29)14-28)27-23(30)18-8-6-7-9-20(18)32-15-22-26-13-21(33-22)25(3,4)5/h6-9,13,16-17,19,29H,10-12,14-15H2,1-5H3,(H,27,30). The van der Waals surface area contributed by atoms with E-state index in [2.05, 4.69) is 10.3 Å². The summed E-state index contributed by atoms with van der Waals surface area (Å²) in [5.41, 5.74) is 0.176. The van der Waals surface area contributed by atoms with E-state index in [1.54, 1.807) is 35.4 Å². The molecule has 8 nitrogen and oxygen atoms in total. The second kappa shape index (κ2) is 10.4. The Morgan fingerprint density at radius 1 is 1.30 bits per heavy atom. The molecule has 1 aliphatic heterocycles. The Hall–Kier alpha value is -2.87. The van der Waals surface area contributed by atoms with E-state index in [1.807, 2.05) is 34.6 Å². The number of para-hydroxylation sites is 1. The third kappa shape index (κ3) is 6.57. The van der Waals surface area contributed by atoms with E-state index in [9.17, 15) is 14.7 Å². The summed E-state index contributed by atoms with van der Waals surface area (Å²) in [6.07, 6.45) is 2.25. The Kier molecular flexibility index (Phi) is 7.79. The number of ether oxygens (including phenoxy) is 1. The molecule has 0 aliphatic carbocycles. The van der Waals surface area contributed by atoms with Crippen molar-refractivity contribution in [3.05, 3.63) is 47.7 Å². The molecule has 2 amide bonds. The van der Waals surface area contributed by atoms with Gasteiger partial charge < -0.3 is 24.5 Å². The fourth-order valence-electron chi connectivity index (χ4n) is 3.73. The minimum atomic E-state index is -0.669. The molecule has 180 valence electrons. The van der Waals surface area contributed by atoms with Gasteiger partial charge in [-0.2, -0.15) is 0 Å². The van der Waals surface area contributed by atoms with Gasteiger partial charge in [0, 0.05) is 18.5 Å². The number of oxazole rings is 1. The van der Waals surface area contributed by atoms with Crippen LogP contribution >= 0.6 is 0 Å². The number of nitrogens with zero attached hydrogens (tertiary/aromatic N) is 2. The van der Waals surface area contributed by atoms with E-state index in [0.29, 0.717) is 43.1 Å². The molecule has 1 aromatic heterocycles. The second-order valence-electron chi connectivity index (χ2n) is 10.0. The van der Waals surface area contributed by atoms with Crippen LogP contribution in [0.25, 0.3) is 0 Å². The Balaban J connectivity index is 1.70. The number of aromatic nitrogens is 1. The topological polar surface area (TPSA) is 105 Å². The number of carbonyl (C=O) groups is 2. The second-order valence-corrected chi connectivity index (χ2v) is 10.0. The summed E-state index contributed by atoms with van der Waals surface area (Å²) < 4.78 is 11.6. The first-order chi connectivity index (χ1) is 15.5. The molecular weight excluding hydrogens is 422 g/mol. The van der Waals surface area contributed by atoms with Crippen LogP contribution in [-0.2, 0) is 16.8 Å². The predicted octanol–water partition coefficient (Wildman–Crippen LogP) is 3.29. The molecule has 3 rings (SSSR count). The first-order valence-corrected chi connectivity index (χ1v) is 11.5. The summed E-state index contributed by atoms with van der Waals surface area (Å²) in [5, 5.41) is 12.7. The zero-order valence-corrected chi connectivity index (χ0v) is 20.1. The normalized spacial score (nSPS) is 17.3. The van der Waals surface area contributed by atoms with Crippen LogP contribution in [0.3, 0.4) is 0 Å². The first kappa shape index (κ1) is 24.8. The molecule has 2 atom stereocenters. The molecule has 8 heteroatoms. The van der Waals surface area contributed by atoms with Gasteiger partial charge in [0.2, 0.25) is 11.8 Å². The van der Waals surface area contributed by atoms with Crippen molar-refractivity contribution >= 4 is 11.8 Å². The lowest BCUT2D eigenvalue weighted by Crippen LogP contribution is -2.48. The van der Waals surface area contributed by atoms with Crippen LogP contribution in [0, 0.1) is 5.92 Å². The van der Waals surface area contributed by atoms with Gasteiger partial charge in [0.15, 0.2) is 6.61 Å². The highest BCUT2D eigenvalue weighted by molar-refractivity contribution is 5.99. The minimum Gasteiger partial charge on any atom is -0.483 e. The number of likely N-dealkylation sites (tertiary alicyclic amines) is 1. The zero-order chi connectivity index (χ0) is 24.2. The zero-order valence-electron chi connectivity index (χ0n) is 20.1. The van der Waals surface area contributed by atoms with E-state index in [0.717, 1.165) is 5.76 Å². The van der Waals surface area contributed by atoms with Gasteiger partial charge in [-0.1, -0.05) is 46.8 Å². The summed E-state index contributed by atoms with van der Waals surface area (Å²) in [6.45, 7) is 11.0. The Labute approximate surface area is 195 Å². The smallest absolute Gasteiger partial charge is 0.255 e. The van der Waals surface area contributed by atoms with Crippen molar-refractivity contribution in [3.63, 3.8) is 0 Å². The number of benzene rings is 1. The number of aliphatic hydroxyl groups is 1. The minimum absolute atomic E-state index is 0.0837. The number of rotatable bonds is 8. The molecule has 2 heterocycles. The van der Waals surface area contributed by atoms with E-state index in [1.165, 1.54) is 0 Å². The van der Waals surface area contributed by atoms with Crippen LogP contribution in [0.2, 0.25) is 0 Å². The predicted molar refractivity (Wildman–Crippen MR) is 124 cm³/mol. The molecule has 0 radical (unpaired) electrons. The average Bonchev–Trinajstić information content (AvgIpc) is 3.40. The molecule has 1 aromatic carbocycles. The maximum Gasteiger partial charge on any atom is 0.255 e. The number of aliphatic hydroxyl groups excluding tert-OH is 1. The third-order valence-electron chi connectivity index (χ3n) is 5.56. The number of hydrogen-bond acceptors (Lipinski definition) is 6. The lowest BCUT2D eigenvalue weighted by atomic mass is 9.94. The number of hydrogen-bond donors (Lipinski definition) is 2. The van der Waals surface area contributed by atoms with E-state index >= 15 is 0 Å². The van der Waals surface area contributed by atoms with E-state index in [4.69, 9.17) is 9.15 Å². The van der Waals surface area contributed by atoms with Crippen molar-refractivity contribution < 1.29 is 23.8 Å². The lowest BCUT2D eigenvalue weighted by molar-refractivity contribution is -0.133. The van der Waals surface area contributed by atoms with Gasteiger partial charge in [0.1, 0.15) is 17.6 Å². The van der Waals surface area contributed by atoms with Crippen LogP contribution in [0.5, 0.6) is 5.75 Å². The average molecular weight is 458 g/mol. The van der Waals surface area contributed by atoms with Crippen LogP contribution in [-0.4, -0.2) is 52.0 Å². The fraction of sp³-hybridized carbons (Fsp3) is 0.560. The van der Waals surface area contributed by atoms with E-state index in [-0.39, 0.29) is 29.8 Å². The van der Waals surface area contributed by atoms with Gasteiger partial charge in [0.05, 0.1) is 17.9 Å². The van der Waals surface area contributed by atoms with Gasteiger partial charge in [-0.3, -0.25) is 9.59 Å². The van der Waals surface area contributed by atoms with Crippen molar-refractivity contribution in [1.29, 1.82) is 0 Å². The monoisotopic (exact) mass is 457 g/mol. The summed E-state index contributed by atoms with van der Waals surface area (Å²) in [4.78, 5) is 32.0. The number of carbonyl (C=O) groups excluding carboxylic acids is 2. The van der Waals surface area contributed by atoms with Crippen molar-refractivity contribution in [1.82, 2.24) is 15.2 Å². The van der Waals surface area contributed by atoms with Gasteiger partial charge in [-0.15, -0.1) is 0 Å². The fourth-order valence-corrected chi connectivity index (χ4v) is 3.73. The van der Waals surface area contributed by atoms with Crippen LogP contribution < -0.4 is 10.1 Å². The molecule has 2 unspecified atom stereocenters. The molecule has 0 spiro atoms. The van der Waals surface area contributed by atoms with Gasteiger partial charge in [-0.25, -0.2) is 4.98 Å². The van der Waals surface area contributed by atoms with Crippen LogP contribution in [0.1, 0.15) is 69.5 Å². The van der Waals surface area contributed by atoms with Crippen molar-refractivity contribution in [2.45, 2.75) is 71.6 Å². The molecule has 1 fully saturated rings. The van der Waals surface area contributed by atoms with Crippen LogP contribution in [0.4, 0.5) is 0 Å². The first-order valence-electron chi connectivity index (χ1n) is 11.5. The largest absolute Gasteiger partial charge is 0.483 e. The molecule has 2 aromatic rings. The molecule has 0 bridgehead atoms. The van der Waals surface area contributed by atoms with Crippen molar-refractivity contribution in [2.75, 3.05) is 13.1 Å². The van der Waals surface area contributed by atoms with Gasteiger partial charge in [-0.05, 0) is 30.9 Å². The maximum absolute atomic E-state index is 13.1. The van der Waals surface area contributed by atoms with Gasteiger partial charge >= 0.3 is 0 Å². The Bertz CT molecular complexity index is 963. The highest BCUT2D eigenvalue weighted by atomic mass is 16.5. The molecule has 1 aliphatic rings. The number of β-amino-alcohol motifs (C(OH)–C–C–N with tert-alkyl or cyclic N) is 1. The molecule has 0 saturated carbocycles. The maximum atomic E-state index is 13.1. The highest BCUT2D eigenvalue weighted by Crippen LogP contribution is 2.24. The number of nitrogens with one attached hydrogen (secondary N) is 1. The molecule has 33 heavy (non-hydrogen) atoms. The van der Waals surface area contributed by atoms with Crippen molar-refractivity contribution in [3.8, 4) is 5.75 Å². The quantitative estimate of drug-likeness (QED) is 0.630. The summed E-state index contributed by atoms with van der Waals surface area (Å²) in [7, 11) is 0. The summed E-state index contributed by atoms with van der Waals surface area (Å²) >= 11 is 0. The SMILES string of the molecule is CC(C)CC(NC(=O)c1ccccc1OCc1ncc(C(C)(C)C)o1)C(=O)N1CCC(O)C1. The van der Waals surface area contributed by atoms with E-state index < -0.39 is 12.1 Å². The Morgan fingerprint density at radius 2 is 2.03 bits per heavy atom. The third-order valence-corrected chi connectivity index (χ3v) is 5.56. The van der Waals surface area contributed by atoms with Crippen LogP contribution in [0.15, 0.2) is 34.9 Å². The highest BCUT2D eigenvalue weighted by Gasteiger charge is 2.32. The molecular formula is C25H35N3O5. The molecule has 1 saturated heterocycles. The lowest BCUT2D eigenvalue weighted by Gasteiger charge is -2.25. The molecule has 2 N–H and O–H groups in total. The number of amides is 2. The van der Waals surface area contributed by atoms with Gasteiger partial charge in [0.25, 0.3) is 5.91 Å². The summed E-state index contributed by atoms with van der Waals surface area (Å²) in [6, 6.07) is 6.23.